The molecule has 2 N–H and O–H groups in total. The zero-order valence-electron chi connectivity index (χ0n) is 17.3. The zero-order chi connectivity index (χ0) is 21.3. The smallest absolute Gasteiger partial charge is 0.346 e. The van der Waals surface area contributed by atoms with Crippen LogP contribution in [0.3, 0.4) is 0 Å². The molecule has 1 amide bonds. The Labute approximate surface area is 184 Å². The SMILES string of the molecule is CN1CCC(c2cc(NC(=O)c3cscn3)sc2C(=O)O)=C([C@H]2CC[C@H](C)CC2)C1. The van der Waals surface area contributed by atoms with Gasteiger partial charge >= 0.3 is 5.97 Å². The average Bonchev–Trinajstić information content (AvgIpc) is 3.39. The highest BCUT2D eigenvalue weighted by Crippen LogP contribution is 2.42. The molecular weight excluding hydrogens is 418 g/mol. The number of likely N-dealkylation sites (N-methyl/N-ethyl adjacent to an activating group) is 1. The van der Waals surface area contributed by atoms with E-state index in [-0.39, 0.29) is 5.91 Å². The average molecular weight is 446 g/mol. The highest BCUT2D eigenvalue weighted by Gasteiger charge is 2.30. The van der Waals surface area contributed by atoms with Crippen LogP contribution in [0.25, 0.3) is 5.57 Å². The molecule has 2 aliphatic rings. The highest BCUT2D eigenvalue weighted by atomic mass is 32.1. The monoisotopic (exact) mass is 445 g/mol. The molecule has 0 bridgehead atoms. The van der Waals surface area contributed by atoms with E-state index in [1.54, 1.807) is 10.9 Å². The van der Waals surface area contributed by atoms with Crippen LogP contribution in [0.15, 0.2) is 22.5 Å². The Morgan fingerprint density at radius 3 is 2.70 bits per heavy atom. The van der Waals surface area contributed by atoms with E-state index < -0.39 is 5.97 Å². The van der Waals surface area contributed by atoms with E-state index in [2.05, 4.69) is 29.2 Å². The Balaban J connectivity index is 1.69. The van der Waals surface area contributed by atoms with Crippen molar-refractivity contribution in [1.29, 1.82) is 0 Å². The number of carbonyl (C=O) groups excluding carboxylic acids is 1. The molecule has 1 aliphatic carbocycles. The zero-order valence-corrected chi connectivity index (χ0v) is 18.9. The van der Waals surface area contributed by atoms with Crippen molar-refractivity contribution in [2.75, 3.05) is 25.5 Å². The topological polar surface area (TPSA) is 82.5 Å². The molecule has 1 fully saturated rings. The highest BCUT2D eigenvalue weighted by molar-refractivity contribution is 7.18. The van der Waals surface area contributed by atoms with E-state index >= 15 is 0 Å². The van der Waals surface area contributed by atoms with Crippen LogP contribution in [0.5, 0.6) is 0 Å². The lowest BCUT2D eigenvalue weighted by Gasteiger charge is -2.35. The summed E-state index contributed by atoms with van der Waals surface area (Å²) in [6, 6.07) is 1.85. The van der Waals surface area contributed by atoms with Crippen molar-refractivity contribution in [3.05, 3.63) is 38.7 Å². The summed E-state index contributed by atoms with van der Waals surface area (Å²) in [5.74, 6) is 0.0514. The first-order valence-electron chi connectivity index (χ1n) is 10.4. The number of carboxylic acid groups (broad SMARTS) is 1. The van der Waals surface area contributed by atoms with Gasteiger partial charge in [-0.05, 0) is 55.4 Å². The molecular formula is C22H27N3O3S2. The quantitative estimate of drug-likeness (QED) is 0.671. The first-order valence-corrected chi connectivity index (χ1v) is 12.2. The van der Waals surface area contributed by atoms with Gasteiger partial charge in [-0.15, -0.1) is 22.7 Å². The number of hydrogen-bond donors (Lipinski definition) is 2. The number of aromatic carboxylic acids is 1. The molecule has 6 nitrogen and oxygen atoms in total. The van der Waals surface area contributed by atoms with Gasteiger partial charge in [-0.1, -0.05) is 19.8 Å². The second-order valence-electron chi connectivity index (χ2n) is 8.43. The summed E-state index contributed by atoms with van der Waals surface area (Å²) in [4.78, 5) is 31.1. The molecule has 1 saturated carbocycles. The minimum absolute atomic E-state index is 0.306. The number of carboxylic acids is 1. The standard InChI is InChI=1S/C22H27N3O3S2/c1-13-3-5-14(6-4-13)17-10-25(2)8-7-15(17)16-9-19(30-20(16)22(27)28)24-21(26)18-11-29-12-23-18/h9,11-14H,3-8,10H2,1-2H3,(H,24,26)(H,27,28)/t13-,14-. The maximum atomic E-state index is 12.4. The predicted octanol–water partition coefficient (Wildman–Crippen LogP) is 5.07. The number of hydrogen-bond acceptors (Lipinski definition) is 6. The van der Waals surface area contributed by atoms with Crippen LogP contribution in [-0.2, 0) is 0 Å². The number of amides is 1. The van der Waals surface area contributed by atoms with Crippen molar-refractivity contribution < 1.29 is 14.7 Å². The summed E-state index contributed by atoms with van der Waals surface area (Å²) in [6.07, 6.45) is 5.65. The molecule has 0 aromatic carbocycles. The third kappa shape index (κ3) is 4.50. The van der Waals surface area contributed by atoms with Crippen LogP contribution in [0.2, 0.25) is 0 Å². The molecule has 0 spiro atoms. The fourth-order valence-corrected chi connectivity index (χ4v) is 6.01. The van der Waals surface area contributed by atoms with Gasteiger partial charge in [0.05, 0.1) is 10.5 Å². The van der Waals surface area contributed by atoms with E-state index in [1.165, 1.54) is 48.2 Å². The fourth-order valence-electron chi connectivity index (χ4n) is 4.56. The Kier molecular flexibility index (Phi) is 6.36. The van der Waals surface area contributed by atoms with Gasteiger partial charge < -0.3 is 15.3 Å². The molecule has 3 heterocycles. The number of aromatic nitrogens is 1. The van der Waals surface area contributed by atoms with Gasteiger partial charge in [0.25, 0.3) is 5.91 Å². The molecule has 0 atom stereocenters. The van der Waals surface area contributed by atoms with Crippen molar-refractivity contribution in [1.82, 2.24) is 9.88 Å². The molecule has 8 heteroatoms. The second kappa shape index (κ2) is 8.99. The second-order valence-corrected chi connectivity index (χ2v) is 10.2. The molecule has 2 aromatic heterocycles. The van der Waals surface area contributed by atoms with Crippen molar-refractivity contribution in [3.63, 3.8) is 0 Å². The maximum Gasteiger partial charge on any atom is 0.346 e. The van der Waals surface area contributed by atoms with Crippen molar-refractivity contribution >= 4 is 45.1 Å². The number of anilines is 1. The van der Waals surface area contributed by atoms with Crippen LogP contribution in [0.4, 0.5) is 5.00 Å². The number of nitrogens with zero attached hydrogens (tertiary/aromatic N) is 2. The van der Waals surface area contributed by atoms with Gasteiger partial charge in [0.2, 0.25) is 0 Å². The van der Waals surface area contributed by atoms with E-state index in [4.69, 9.17) is 0 Å². The van der Waals surface area contributed by atoms with Gasteiger partial charge in [0, 0.05) is 24.0 Å². The summed E-state index contributed by atoms with van der Waals surface area (Å²) in [7, 11) is 2.13. The summed E-state index contributed by atoms with van der Waals surface area (Å²) in [5.41, 5.74) is 5.31. The molecule has 0 saturated heterocycles. The number of rotatable bonds is 5. The lowest BCUT2D eigenvalue weighted by molar-refractivity contribution is 0.0701. The first kappa shape index (κ1) is 21.2. The van der Waals surface area contributed by atoms with Crippen molar-refractivity contribution in [2.24, 2.45) is 11.8 Å². The third-order valence-electron chi connectivity index (χ3n) is 6.23. The van der Waals surface area contributed by atoms with E-state index in [0.29, 0.717) is 21.5 Å². The summed E-state index contributed by atoms with van der Waals surface area (Å²) >= 11 is 2.49. The molecule has 1 aliphatic heterocycles. The number of nitrogens with one attached hydrogen (secondary N) is 1. The Bertz CT molecular complexity index is 956. The van der Waals surface area contributed by atoms with Crippen LogP contribution in [0, 0.1) is 11.8 Å². The van der Waals surface area contributed by atoms with Crippen molar-refractivity contribution in [3.8, 4) is 0 Å². The minimum Gasteiger partial charge on any atom is -0.477 e. The Morgan fingerprint density at radius 1 is 1.27 bits per heavy atom. The summed E-state index contributed by atoms with van der Waals surface area (Å²) in [5, 5.41) is 14.9. The molecule has 4 rings (SSSR count). The fraction of sp³-hybridized carbons (Fsp3) is 0.500. The largest absolute Gasteiger partial charge is 0.477 e. The van der Waals surface area contributed by atoms with E-state index in [0.717, 1.165) is 42.3 Å². The summed E-state index contributed by atoms with van der Waals surface area (Å²) < 4.78 is 0. The van der Waals surface area contributed by atoms with Gasteiger partial charge in [-0.2, -0.15) is 0 Å². The van der Waals surface area contributed by atoms with Crippen LogP contribution in [0.1, 0.15) is 64.8 Å². The maximum absolute atomic E-state index is 12.4. The normalized spacial score (nSPS) is 22.9. The number of carbonyl (C=O) groups is 2. The molecule has 160 valence electrons. The molecule has 0 unspecified atom stereocenters. The van der Waals surface area contributed by atoms with Gasteiger partial charge in [0.1, 0.15) is 10.6 Å². The van der Waals surface area contributed by atoms with Gasteiger partial charge in [-0.25, -0.2) is 9.78 Å². The number of thiazole rings is 1. The van der Waals surface area contributed by atoms with Gasteiger partial charge in [0.15, 0.2) is 0 Å². The number of thiophene rings is 1. The predicted molar refractivity (Wildman–Crippen MR) is 122 cm³/mol. The van der Waals surface area contributed by atoms with Crippen molar-refractivity contribution in [2.45, 2.75) is 39.0 Å². The minimum atomic E-state index is -0.938. The van der Waals surface area contributed by atoms with Crippen LogP contribution < -0.4 is 5.32 Å². The lowest BCUT2D eigenvalue weighted by Crippen LogP contribution is -2.31. The van der Waals surface area contributed by atoms with Crippen LogP contribution in [-0.4, -0.2) is 47.0 Å². The Hall–Kier alpha value is -2.03. The van der Waals surface area contributed by atoms with E-state index in [1.807, 2.05) is 6.07 Å². The van der Waals surface area contributed by atoms with E-state index in [9.17, 15) is 14.7 Å². The Morgan fingerprint density at radius 2 is 2.03 bits per heavy atom. The molecule has 2 aromatic rings. The van der Waals surface area contributed by atoms with Crippen LogP contribution >= 0.6 is 22.7 Å². The molecule has 30 heavy (non-hydrogen) atoms. The van der Waals surface area contributed by atoms with Gasteiger partial charge in [-0.3, -0.25) is 4.79 Å². The summed E-state index contributed by atoms with van der Waals surface area (Å²) in [6.45, 7) is 4.12. The third-order valence-corrected chi connectivity index (χ3v) is 7.86. The lowest BCUT2D eigenvalue weighted by atomic mass is 9.75. The first-order chi connectivity index (χ1) is 14.4. The molecule has 0 radical (unpaired) electrons.